The first-order chi connectivity index (χ1) is 9.83. The summed E-state index contributed by atoms with van der Waals surface area (Å²) >= 11 is 5.56. The Labute approximate surface area is 126 Å². The van der Waals surface area contributed by atoms with E-state index in [0.29, 0.717) is 12.8 Å². The van der Waals surface area contributed by atoms with Gasteiger partial charge in [0.05, 0.1) is 10.4 Å². The first-order valence-corrected chi connectivity index (χ1v) is 6.96. The number of amides is 2. The van der Waals surface area contributed by atoms with Crippen molar-refractivity contribution >= 4 is 29.3 Å². The molecule has 5 nitrogen and oxygen atoms in total. The number of carbonyl (C=O) groups is 2. The average molecular weight is 315 g/mol. The standard InChI is InChI=1S/C14H16ClFN2O3/c1-14(12(19)20)6-2-3-11(14)18-13(21)17-8-4-5-9(15)10(16)7-8/h4-5,7,11H,2-3,6H2,1H3,(H,19,20)(H2,17,18,21). The molecular weight excluding hydrogens is 299 g/mol. The van der Waals surface area contributed by atoms with E-state index in [1.165, 1.54) is 12.1 Å². The zero-order valence-electron chi connectivity index (χ0n) is 11.5. The molecule has 21 heavy (non-hydrogen) atoms. The molecule has 2 unspecified atom stereocenters. The fourth-order valence-corrected chi connectivity index (χ4v) is 2.67. The molecule has 1 aromatic carbocycles. The highest BCUT2D eigenvalue weighted by molar-refractivity contribution is 6.30. The van der Waals surface area contributed by atoms with Crippen LogP contribution in [0, 0.1) is 11.2 Å². The summed E-state index contributed by atoms with van der Waals surface area (Å²) in [4.78, 5) is 23.2. The van der Waals surface area contributed by atoms with Gasteiger partial charge >= 0.3 is 12.0 Å². The number of benzene rings is 1. The van der Waals surface area contributed by atoms with Crippen LogP contribution in [0.2, 0.25) is 5.02 Å². The average Bonchev–Trinajstić information content (AvgIpc) is 2.77. The summed E-state index contributed by atoms with van der Waals surface area (Å²) in [7, 11) is 0. The van der Waals surface area contributed by atoms with Gasteiger partial charge in [-0.3, -0.25) is 4.79 Å². The number of hydrogen-bond donors (Lipinski definition) is 3. The Hall–Kier alpha value is -1.82. The molecule has 0 aliphatic heterocycles. The third kappa shape index (κ3) is 3.26. The van der Waals surface area contributed by atoms with Gasteiger partial charge in [-0.2, -0.15) is 0 Å². The number of rotatable bonds is 3. The van der Waals surface area contributed by atoms with E-state index in [1.54, 1.807) is 6.92 Å². The first-order valence-electron chi connectivity index (χ1n) is 6.59. The molecule has 0 heterocycles. The Balaban J connectivity index is 2.01. The molecule has 0 spiro atoms. The predicted molar refractivity (Wildman–Crippen MR) is 76.9 cm³/mol. The molecule has 2 amide bonds. The van der Waals surface area contributed by atoms with Crippen molar-refractivity contribution in [1.29, 1.82) is 0 Å². The van der Waals surface area contributed by atoms with Crippen molar-refractivity contribution in [2.45, 2.75) is 32.2 Å². The third-order valence-corrected chi connectivity index (χ3v) is 4.24. The van der Waals surface area contributed by atoms with Crippen molar-refractivity contribution < 1.29 is 19.1 Å². The van der Waals surface area contributed by atoms with Gasteiger partial charge in [0.2, 0.25) is 0 Å². The lowest BCUT2D eigenvalue weighted by atomic mass is 9.85. The van der Waals surface area contributed by atoms with Crippen molar-refractivity contribution in [1.82, 2.24) is 5.32 Å². The lowest BCUT2D eigenvalue weighted by Crippen LogP contribution is -2.48. The summed E-state index contributed by atoms with van der Waals surface area (Å²) in [6.07, 6.45) is 1.86. The lowest BCUT2D eigenvalue weighted by Gasteiger charge is -2.27. The van der Waals surface area contributed by atoms with Crippen LogP contribution in [0.3, 0.4) is 0 Å². The zero-order valence-corrected chi connectivity index (χ0v) is 12.2. The van der Waals surface area contributed by atoms with Crippen molar-refractivity contribution in [3.63, 3.8) is 0 Å². The Morgan fingerprint density at radius 3 is 2.81 bits per heavy atom. The minimum absolute atomic E-state index is 0.0322. The summed E-state index contributed by atoms with van der Waals surface area (Å²) in [5, 5.41) is 14.4. The van der Waals surface area contributed by atoms with Crippen LogP contribution < -0.4 is 10.6 Å². The monoisotopic (exact) mass is 314 g/mol. The summed E-state index contributed by atoms with van der Waals surface area (Å²) in [5.41, 5.74) is -0.716. The van der Waals surface area contributed by atoms with E-state index in [-0.39, 0.29) is 10.7 Å². The normalized spacial score (nSPS) is 24.6. The van der Waals surface area contributed by atoms with E-state index in [4.69, 9.17) is 11.6 Å². The second kappa shape index (κ2) is 5.89. The molecule has 1 aromatic rings. The highest BCUT2D eigenvalue weighted by atomic mass is 35.5. The van der Waals surface area contributed by atoms with Crippen LogP contribution in [0.4, 0.5) is 14.9 Å². The van der Waals surface area contributed by atoms with Crippen LogP contribution in [0.1, 0.15) is 26.2 Å². The largest absolute Gasteiger partial charge is 0.481 e. The Morgan fingerprint density at radius 2 is 2.19 bits per heavy atom. The quantitative estimate of drug-likeness (QED) is 0.801. The van der Waals surface area contributed by atoms with E-state index in [1.807, 2.05) is 0 Å². The minimum Gasteiger partial charge on any atom is -0.481 e. The molecule has 0 radical (unpaired) electrons. The van der Waals surface area contributed by atoms with Crippen LogP contribution in [0.5, 0.6) is 0 Å². The molecule has 1 aliphatic rings. The van der Waals surface area contributed by atoms with Gasteiger partial charge in [0, 0.05) is 11.7 Å². The van der Waals surface area contributed by atoms with Crippen molar-refractivity contribution in [3.05, 3.63) is 29.0 Å². The number of carboxylic acid groups (broad SMARTS) is 1. The fourth-order valence-electron chi connectivity index (χ4n) is 2.55. The number of hydrogen-bond acceptors (Lipinski definition) is 2. The molecule has 1 fully saturated rings. The SMILES string of the molecule is CC1(C(=O)O)CCCC1NC(=O)Nc1ccc(Cl)c(F)c1. The number of anilines is 1. The highest BCUT2D eigenvalue weighted by Crippen LogP contribution is 2.38. The van der Waals surface area contributed by atoms with E-state index in [0.717, 1.165) is 12.5 Å². The maximum Gasteiger partial charge on any atom is 0.319 e. The summed E-state index contributed by atoms with van der Waals surface area (Å²) in [5.74, 6) is -1.56. The van der Waals surface area contributed by atoms with Crippen molar-refractivity contribution in [2.24, 2.45) is 5.41 Å². The van der Waals surface area contributed by atoms with Gasteiger partial charge < -0.3 is 15.7 Å². The summed E-state index contributed by atoms with van der Waals surface area (Å²) in [6.45, 7) is 1.62. The number of halogens is 2. The second-order valence-electron chi connectivity index (χ2n) is 5.39. The van der Waals surface area contributed by atoms with Gasteiger partial charge in [0.15, 0.2) is 0 Å². The number of aliphatic carboxylic acids is 1. The highest BCUT2D eigenvalue weighted by Gasteiger charge is 2.45. The summed E-state index contributed by atoms with van der Waals surface area (Å²) < 4.78 is 13.3. The van der Waals surface area contributed by atoms with E-state index in [2.05, 4.69) is 10.6 Å². The molecule has 114 valence electrons. The van der Waals surface area contributed by atoms with Crippen LogP contribution in [-0.4, -0.2) is 23.1 Å². The number of carbonyl (C=O) groups excluding carboxylic acids is 1. The smallest absolute Gasteiger partial charge is 0.319 e. The molecule has 7 heteroatoms. The van der Waals surface area contributed by atoms with Gasteiger partial charge in [0.1, 0.15) is 5.82 Å². The van der Waals surface area contributed by atoms with E-state index < -0.39 is 29.3 Å². The number of nitrogens with one attached hydrogen (secondary N) is 2. The molecule has 3 N–H and O–H groups in total. The van der Waals surface area contributed by atoms with Crippen molar-refractivity contribution in [2.75, 3.05) is 5.32 Å². The molecule has 1 saturated carbocycles. The fraction of sp³-hybridized carbons (Fsp3) is 0.429. The molecule has 0 aromatic heterocycles. The van der Waals surface area contributed by atoms with Crippen LogP contribution >= 0.6 is 11.6 Å². The van der Waals surface area contributed by atoms with Gasteiger partial charge in [-0.05, 0) is 38.0 Å². The van der Waals surface area contributed by atoms with Crippen molar-refractivity contribution in [3.8, 4) is 0 Å². The Morgan fingerprint density at radius 1 is 1.48 bits per heavy atom. The second-order valence-corrected chi connectivity index (χ2v) is 5.80. The minimum atomic E-state index is -0.970. The van der Waals surface area contributed by atoms with Gasteiger partial charge in [-0.1, -0.05) is 18.0 Å². The maximum absolute atomic E-state index is 13.3. The zero-order chi connectivity index (χ0) is 15.6. The Kier molecular flexibility index (Phi) is 4.37. The Bertz CT molecular complexity index is 581. The molecule has 0 bridgehead atoms. The van der Waals surface area contributed by atoms with Gasteiger partial charge in [-0.15, -0.1) is 0 Å². The van der Waals surface area contributed by atoms with E-state index >= 15 is 0 Å². The first kappa shape index (κ1) is 15.6. The predicted octanol–water partition coefficient (Wildman–Crippen LogP) is 3.24. The number of carboxylic acids is 1. The third-order valence-electron chi connectivity index (χ3n) is 3.93. The molecule has 2 rings (SSSR count). The molecule has 1 aliphatic carbocycles. The maximum atomic E-state index is 13.3. The molecule has 0 saturated heterocycles. The molecule has 2 atom stereocenters. The van der Waals surface area contributed by atoms with Gasteiger partial charge in [0.25, 0.3) is 0 Å². The van der Waals surface area contributed by atoms with Crippen LogP contribution in [0.15, 0.2) is 18.2 Å². The van der Waals surface area contributed by atoms with Gasteiger partial charge in [-0.25, -0.2) is 9.18 Å². The van der Waals surface area contributed by atoms with Crippen LogP contribution in [0.25, 0.3) is 0 Å². The van der Waals surface area contributed by atoms with E-state index in [9.17, 15) is 19.1 Å². The number of urea groups is 1. The van der Waals surface area contributed by atoms with Crippen LogP contribution in [-0.2, 0) is 4.79 Å². The molecular formula is C14H16ClFN2O3. The lowest BCUT2D eigenvalue weighted by molar-refractivity contribution is -0.148. The topological polar surface area (TPSA) is 78.4 Å². The summed E-state index contributed by atoms with van der Waals surface area (Å²) in [6, 6.07) is 2.90.